The van der Waals surface area contributed by atoms with Gasteiger partial charge in [0.15, 0.2) is 0 Å². The predicted octanol–water partition coefficient (Wildman–Crippen LogP) is 0.416. The lowest BCUT2D eigenvalue weighted by molar-refractivity contribution is -0.160. The van der Waals surface area contributed by atoms with Crippen molar-refractivity contribution in [2.75, 3.05) is 13.7 Å². The first kappa shape index (κ1) is 7.43. The lowest BCUT2D eigenvalue weighted by atomic mass is 10.5. The van der Waals surface area contributed by atoms with Gasteiger partial charge in [-0.25, -0.2) is 5.06 Å². The van der Waals surface area contributed by atoms with Crippen molar-refractivity contribution >= 4 is 6.41 Å². The van der Waals surface area contributed by atoms with Gasteiger partial charge in [-0.05, 0) is 6.42 Å². The van der Waals surface area contributed by atoms with Crippen LogP contribution in [-0.4, -0.2) is 25.1 Å². The molecule has 0 saturated heterocycles. The number of hydrogen-bond donors (Lipinski definition) is 0. The summed E-state index contributed by atoms with van der Waals surface area (Å²) < 4.78 is 0. The van der Waals surface area contributed by atoms with Gasteiger partial charge in [-0.2, -0.15) is 0 Å². The van der Waals surface area contributed by atoms with Crippen molar-refractivity contribution in [1.82, 2.24) is 5.06 Å². The minimum atomic E-state index is 0.667. The Hall–Kier alpha value is -0.570. The van der Waals surface area contributed by atoms with Crippen LogP contribution in [0.2, 0.25) is 0 Å². The van der Waals surface area contributed by atoms with Crippen LogP contribution in [0.25, 0.3) is 0 Å². The van der Waals surface area contributed by atoms with E-state index in [-0.39, 0.29) is 0 Å². The molecule has 0 aromatic heterocycles. The van der Waals surface area contributed by atoms with E-state index in [2.05, 4.69) is 4.84 Å². The van der Waals surface area contributed by atoms with Gasteiger partial charge in [0.2, 0.25) is 6.41 Å². The summed E-state index contributed by atoms with van der Waals surface area (Å²) in [6.45, 7) is 2.65. The molecule has 3 heteroatoms. The molecule has 0 aromatic carbocycles. The zero-order valence-electron chi connectivity index (χ0n) is 5.26. The highest BCUT2D eigenvalue weighted by Crippen LogP contribution is 1.83. The van der Waals surface area contributed by atoms with Crippen LogP contribution in [0.1, 0.15) is 13.3 Å². The summed E-state index contributed by atoms with van der Waals surface area (Å²) in [6.07, 6.45) is 1.59. The first-order valence-electron chi connectivity index (χ1n) is 2.61. The fourth-order valence-electron chi connectivity index (χ4n) is 0.407. The molecule has 0 heterocycles. The van der Waals surface area contributed by atoms with Gasteiger partial charge >= 0.3 is 0 Å². The molecule has 0 unspecified atom stereocenters. The molecule has 0 aromatic rings. The van der Waals surface area contributed by atoms with Gasteiger partial charge in [-0.1, -0.05) is 6.92 Å². The minimum Gasteiger partial charge on any atom is -0.276 e. The first-order valence-corrected chi connectivity index (χ1v) is 2.61. The Bertz CT molecular complexity index is 65.4. The normalized spacial score (nSPS) is 8.75. The summed E-state index contributed by atoms with van der Waals surface area (Å²) in [6, 6.07) is 0. The Balaban J connectivity index is 3.21. The van der Waals surface area contributed by atoms with E-state index in [4.69, 9.17) is 0 Å². The molecule has 0 fully saturated rings. The van der Waals surface area contributed by atoms with Gasteiger partial charge in [0.1, 0.15) is 0 Å². The predicted molar refractivity (Wildman–Crippen MR) is 30.1 cm³/mol. The Morgan fingerprint density at radius 2 is 2.38 bits per heavy atom. The molecule has 0 radical (unpaired) electrons. The van der Waals surface area contributed by atoms with Crippen molar-refractivity contribution < 1.29 is 9.63 Å². The second-order valence-corrected chi connectivity index (χ2v) is 1.43. The van der Waals surface area contributed by atoms with Crippen molar-refractivity contribution in [3.63, 3.8) is 0 Å². The maximum Gasteiger partial charge on any atom is 0.233 e. The average molecular weight is 117 g/mol. The Morgan fingerprint density at radius 3 is 2.50 bits per heavy atom. The van der Waals surface area contributed by atoms with E-state index in [0.29, 0.717) is 13.0 Å². The molecule has 0 aliphatic rings. The Kier molecular flexibility index (Phi) is 4.26. The van der Waals surface area contributed by atoms with Gasteiger partial charge in [0.25, 0.3) is 0 Å². The number of carbonyl (C=O) groups excluding carboxylic acids is 1. The average Bonchev–Trinajstić information content (AvgIpc) is 1.83. The topological polar surface area (TPSA) is 29.5 Å². The van der Waals surface area contributed by atoms with Gasteiger partial charge in [-0.3, -0.25) is 9.63 Å². The highest BCUT2D eigenvalue weighted by Gasteiger charge is 1.92. The monoisotopic (exact) mass is 117 g/mol. The maximum atomic E-state index is 9.93. The van der Waals surface area contributed by atoms with Crippen LogP contribution in [0.3, 0.4) is 0 Å². The number of hydrogen-bond acceptors (Lipinski definition) is 2. The lowest BCUT2D eigenvalue weighted by Gasteiger charge is -2.10. The minimum absolute atomic E-state index is 0.667. The molecular weight excluding hydrogens is 106 g/mol. The molecule has 1 amide bonds. The van der Waals surface area contributed by atoms with Gasteiger partial charge in [-0.15, -0.1) is 0 Å². The second-order valence-electron chi connectivity index (χ2n) is 1.43. The summed E-state index contributed by atoms with van der Waals surface area (Å²) >= 11 is 0. The molecule has 48 valence electrons. The third kappa shape index (κ3) is 2.58. The number of amides is 1. The third-order valence-corrected chi connectivity index (χ3v) is 0.796. The van der Waals surface area contributed by atoms with Crippen LogP contribution < -0.4 is 0 Å². The van der Waals surface area contributed by atoms with E-state index in [9.17, 15) is 4.79 Å². The summed E-state index contributed by atoms with van der Waals surface area (Å²) in [4.78, 5) is 14.5. The molecule has 0 N–H and O–H groups in total. The van der Waals surface area contributed by atoms with E-state index in [1.165, 1.54) is 12.2 Å². The SMILES string of the molecule is CCCN(C=O)OC. The zero-order valence-corrected chi connectivity index (χ0v) is 5.26. The van der Waals surface area contributed by atoms with Crippen molar-refractivity contribution in [1.29, 1.82) is 0 Å². The highest BCUT2D eigenvalue weighted by molar-refractivity contribution is 5.44. The van der Waals surface area contributed by atoms with Gasteiger partial charge in [0.05, 0.1) is 7.11 Å². The van der Waals surface area contributed by atoms with Crippen molar-refractivity contribution in [2.45, 2.75) is 13.3 Å². The van der Waals surface area contributed by atoms with Crippen molar-refractivity contribution in [3.05, 3.63) is 0 Å². The highest BCUT2D eigenvalue weighted by atomic mass is 16.7. The number of nitrogens with zero attached hydrogens (tertiary/aromatic N) is 1. The van der Waals surface area contributed by atoms with E-state index in [1.54, 1.807) is 0 Å². The largest absolute Gasteiger partial charge is 0.276 e. The second kappa shape index (κ2) is 4.59. The molecular formula is C5H11NO2. The fraction of sp³-hybridized carbons (Fsp3) is 0.800. The van der Waals surface area contributed by atoms with Crippen LogP contribution in [-0.2, 0) is 9.63 Å². The summed E-state index contributed by atoms with van der Waals surface area (Å²) in [5.74, 6) is 0. The van der Waals surface area contributed by atoms with Crippen molar-refractivity contribution in [2.24, 2.45) is 0 Å². The lowest BCUT2D eigenvalue weighted by Crippen LogP contribution is -2.20. The summed E-state index contributed by atoms with van der Waals surface area (Å²) in [5.41, 5.74) is 0. The van der Waals surface area contributed by atoms with Gasteiger partial charge < -0.3 is 0 Å². The number of carbonyl (C=O) groups is 1. The molecule has 0 aliphatic heterocycles. The van der Waals surface area contributed by atoms with Crippen LogP contribution >= 0.6 is 0 Å². The van der Waals surface area contributed by atoms with E-state index in [1.807, 2.05) is 6.92 Å². The molecule has 3 nitrogen and oxygen atoms in total. The smallest absolute Gasteiger partial charge is 0.233 e. The molecule has 0 rings (SSSR count). The van der Waals surface area contributed by atoms with Crippen LogP contribution in [0.15, 0.2) is 0 Å². The summed E-state index contributed by atoms with van der Waals surface area (Å²) in [5, 5.41) is 1.25. The van der Waals surface area contributed by atoms with Gasteiger partial charge in [0, 0.05) is 6.54 Å². The van der Waals surface area contributed by atoms with Crippen molar-refractivity contribution in [3.8, 4) is 0 Å². The third-order valence-electron chi connectivity index (χ3n) is 0.796. The summed E-state index contributed by atoms with van der Waals surface area (Å²) in [7, 11) is 1.48. The molecule has 8 heavy (non-hydrogen) atoms. The number of rotatable bonds is 4. The van der Waals surface area contributed by atoms with Crippen LogP contribution in [0.5, 0.6) is 0 Å². The first-order chi connectivity index (χ1) is 3.85. The molecule has 0 aliphatic carbocycles. The van der Waals surface area contributed by atoms with E-state index >= 15 is 0 Å². The number of hydroxylamine groups is 2. The Morgan fingerprint density at radius 1 is 1.75 bits per heavy atom. The molecule has 0 atom stereocenters. The quantitative estimate of drug-likeness (QED) is 0.394. The van der Waals surface area contributed by atoms with Crippen LogP contribution in [0.4, 0.5) is 0 Å². The molecule has 0 spiro atoms. The van der Waals surface area contributed by atoms with E-state index in [0.717, 1.165) is 6.42 Å². The Labute approximate surface area is 49.2 Å². The maximum absolute atomic E-state index is 9.93. The fourth-order valence-corrected chi connectivity index (χ4v) is 0.407. The molecule has 0 bridgehead atoms. The van der Waals surface area contributed by atoms with Crippen LogP contribution in [0, 0.1) is 0 Å². The molecule has 0 saturated carbocycles. The van der Waals surface area contributed by atoms with E-state index < -0.39 is 0 Å². The standard InChI is InChI=1S/C5H11NO2/c1-3-4-6(5-7)8-2/h5H,3-4H2,1-2H3. The zero-order chi connectivity index (χ0) is 6.41.